The second-order valence-electron chi connectivity index (χ2n) is 8.09. The highest BCUT2D eigenvalue weighted by Crippen LogP contribution is 2.27. The molecule has 0 unspecified atom stereocenters. The van der Waals surface area contributed by atoms with Crippen molar-refractivity contribution in [1.29, 1.82) is 0 Å². The number of carbonyl (C=O) groups excluding carboxylic acids is 2. The van der Waals surface area contributed by atoms with Gasteiger partial charge in [0.05, 0.1) is 11.1 Å². The van der Waals surface area contributed by atoms with Gasteiger partial charge in [-0.25, -0.2) is 0 Å². The summed E-state index contributed by atoms with van der Waals surface area (Å²) in [6, 6.07) is 7.90. The molecule has 1 fully saturated rings. The third-order valence-electron chi connectivity index (χ3n) is 5.68. The van der Waals surface area contributed by atoms with Crippen molar-refractivity contribution >= 4 is 22.7 Å². The van der Waals surface area contributed by atoms with Gasteiger partial charge >= 0.3 is 0 Å². The van der Waals surface area contributed by atoms with Crippen molar-refractivity contribution in [3.8, 4) is 0 Å². The number of hydrogen-bond donors (Lipinski definition) is 1. The van der Waals surface area contributed by atoms with Gasteiger partial charge in [0.2, 0.25) is 5.91 Å². The van der Waals surface area contributed by atoms with E-state index < -0.39 is 0 Å². The highest BCUT2D eigenvalue weighted by Gasteiger charge is 2.27. The maximum Gasteiger partial charge on any atom is 0.254 e. The van der Waals surface area contributed by atoms with Crippen molar-refractivity contribution in [2.45, 2.75) is 47.0 Å². The van der Waals surface area contributed by atoms with E-state index in [4.69, 9.17) is 4.98 Å². The SMILES string of the molecule is CCc1nc2ccccc2c(C(=O)N2CCC[C@H](CNC(=O)C(C)C)C2)c1C. The van der Waals surface area contributed by atoms with E-state index in [9.17, 15) is 9.59 Å². The minimum absolute atomic E-state index is 0.0142. The van der Waals surface area contributed by atoms with Crippen LogP contribution in [0, 0.1) is 18.8 Å². The number of hydrogen-bond acceptors (Lipinski definition) is 3. The summed E-state index contributed by atoms with van der Waals surface area (Å²) >= 11 is 0. The molecule has 2 heterocycles. The number of aromatic nitrogens is 1. The Morgan fingerprint density at radius 3 is 2.75 bits per heavy atom. The van der Waals surface area contributed by atoms with Gasteiger partial charge in [0, 0.05) is 36.6 Å². The lowest BCUT2D eigenvalue weighted by atomic mass is 9.94. The van der Waals surface area contributed by atoms with Crippen LogP contribution in [0.3, 0.4) is 0 Å². The number of pyridine rings is 1. The second-order valence-corrected chi connectivity index (χ2v) is 8.09. The van der Waals surface area contributed by atoms with E-state index in [0.717, 1.165) is 53.5 Å². The van der Waals surface area contributed by atoms with Gasteiger partial charge in [-0.1, -0.05) is 39.0 Å². The van der Waals surface area contributed by atoms with Gasteiger partial charge < -0.3 is 10.2 Å². The van der Waals surface area contributed by atoms with Gasteiger partial charge in [-0.2, -0.15) is 0 Å². The zero-order valence-corrected chi connectivity index (χ0v) is 17.4. The lowest BCUT2D eigenvalue weighted by molar-refractivity contribution is -0.124. The highest BCUT2D eigenvalue weighted by atomic mass is 16.2. The number of piperidine rings is 1. The van der Waals surface area contributed by atoms with Gasteiger partial charge in [0.25, 0.3) is 5.91 Å². The standard InChI is InChI=1S/C23H31N3O2/c1-5-19-16(4)21(18-10-6-7-11-20(18)25-19)23(28)26-12-8-9-17(14-26)13-24-22(27)15(2)3/h6-7,10-11,15,17H,5,8-9,12-14H2,1-4H3,(H,24,27)/t17-/m1/s1. The van der Waals surface area contributed by atoms with E-state index in [1.54, 1.807) is 0 Å². The molecule has 1 N–H and O–H groups in total. The fraction of sp³-hybridized carbons (Fsp3) is 0.522. The molecule has 0 spiro atoms. The minimum atomic E-state index is -0.0142. The monoisotopic (exact) mass is 381 g/mol. The topological polar surface area (TPSA) is 62.3 Å². The van der Waals surface area contributed by atoms with Crippen molar-refractivity contribution in [2.24, 2.45) is 11.8 Å². The number of para-hydroxylation sites is 1. The molecule has 1 aromatic heterocycles. The second kappa shape index (κ2) is 8.72. The Morgan fingerprint density at radius 1 is 1.29 bits per heavy atom. The van der Waals surface area contributed by atoms with Crippen LogP contribution >= 0.6 is 0 Å². The molecule has 150 valence electrons. The summed E-state index contributed by atoms with van der Waals surface area (Å²) in [5.74, 6) is 0.455. The van der Waals surface area contributed by atoms with Crippen molar-refractivity contribution < 1.29 is 9.59 Å². The number of fused-ring (bicyclic) bond motifs is 1. The number of benzene rings is 1. The number of aryl methyl sites for hydroxylation is 1. The summed E-state index contributed by atoms with van der Waals surface area (Å²) in [6.07, 6.45) is 2.82. The van der Waals surface area contributed by atoms with E-state index in [1.807, 2.05) is 49.9 Å². The largest absolute Gasteiger partial charge is 0.356 e. The molecule has 1 aromatic carbocycles. The normalized spacial score (nSPS) is 17.2. The summed E-state index contributed by atoms with van der Waals surface area (Å²) in [5.41, 5.74) is 3.64. The van der Waals surface area contributed by atoms with Crippen LogP contribution in [0.1, 0.15) is 55.2 Å². The average molecular weight is 382 g/mol. The Bertz CT molecular complexity index is 876. The van der Waals surface area contributed by atoms with Crippen LogP contribution in [0.5, 0.6) is 0 Å². The summed E-state index contributed by atoms with van der Waals surface area (Å²) in [4.78, 5) is 32.1. The van der Waals surface area contributed by atoms with Crippen LogP contribution in [0.25, 0.3) is 10.9 Å². The Balaban J connectivity index is 1.83. The highest BCUT2D eigenvalue weighted by molar-refractivity contribution is 6.07. The third kappa shape index (κ3) is 4.18. The van der Waals surface area contributed by atoms with Crippen LogP contribution in [-0.2, 0) is 11.2 Å². The van der Waals surface area contributed by atoms with E-state index in [1.165, 1.54) is 0 Å². The zero-order chi connectivity index (χ0) is 20.3. The molecule has 0 aliphatic carbocycles. The van der Waals surface area contributed by atoms with Crippen LogP contribution in [0.4, 0.5) is 0 Å². The van der Waals surface area contributed by atoms with Crippen LogP contribution in [-0.4, -0.2) is 41.3 Å². The molecule has 2 aromatic rings. The maximum atomic E-state index is 13.5. The van der Waals surface area contributed by atoms with E-state index in [-0.39, 0.29) is 17.7 Å². The molecule has 5 nitrogen and oxygen atoms in total. The van der Waals surface area contributed by atoms with Gasteiger partial charge in [-0.05, 0) is 43.7 Å². The summed E-state index contributed by atoms with van der Waals surface area (Å²) in [7, 11) is 0. The lowest BCUT2D eigenvalue weighted by Crippen LogP contribution is -2.44. The summed E-state index contributed by atoms with van der Waals surface area (Å²) in [5, 5.41) is 3.95. The first-order chi connectivity index (χ1) is 13.4. The van der Waals surface area contributed by atoms with Gasteiger partial charge in [0.1, 0.15) is 0 Å². The molecule has 0 radical (unpaired) electrons. The molecule has 28 heavy (non-hydrogen) atoms. The first-order valence-electron chi connectivity index (χ1n) is 10.4. The number of carbonyl (C=O) groups is 2. The Morgan fingerprint density at radius 2 is 2.04 bits per heavy atom. The number of amides is 2. The van der Waals surface area contributed by atoms with Crippen LogP contribution in [0.2, 0.25) is 0 Å². The van der Waals surface area contributed by atoms with E-state index in [2.05, 4.69) is 12.2 Å². The molecule has 5 heteroatoms. The first kappa shape index (κ1) is 20.3. The lowest BCUT2D eigenvalue weighted by Gasteiger charge is -2.33. The molecule has 3 rings (SSSR count). The molecule has 1 atom stereocenters. The summed E-state index contributed by atoms with van der Waals surface area (Å²) < 4.78 is 0. The molecule has 0 bridgehead atoms. The maximum absolute atomic E-state index is 13.5. The smallest absolute Gasteiger partial charge is 0.254 e. The van der Waals surface area contributed by atoms with Gasteiger partial charge in [-0.15, -0.1) is 0 Å². The number of nitrogens with zero attached hydrogens (tertiary/aromatic N) is 2. The first-order valence-corrected chi connectivity index (χ1v) is 10.4. The van der Waals surface area contributed by atoms with Gasteiger partial charge in [0.15, 0.2) is 0 Å². The Labute approximate surface area is 167 Å². The Kier molecular flexibility index (Phi) is 6.32. The van der Waals surface area contributed by atoms with Crippen molar-refractivity contribution in [3.63, 3.8) is 0 Å². The number of nitrogens with one attached hydrogen (secondary N) is 1. The van der Waals surface area contributed by atoms with E-state index in [0.29, 0.717) is 19.0 Å². The Hall–Kier alpha value is -2.43. The molecule has 1 aliphatic rings. The molecule has 0 saturated carbocycles. The van der Waals surface area contributed by atoms with Crippen molar-refractivity contribution in [1.82, 2.24) is 15.2 Å². The molecule has 2 amide bonds. The fourth-order valence-corrected chi connectivity index (χ4v) is 4.00. The van der Waals surface area contributed by atoms with Crippen LogP contribution < -0.4 is 5.32 Å². The summed E-state index contributed by atoms with van der Waals surface area (Å²) in [6.45, 7) is 9.97. The average Bonchev–Trinajstić information content (AvgIpc) is 2.71. The molecule has 1 saturated heterocycles. The molecule has 1 aliphatic heterocycles. The number of rotatable bonds is 5. The fourth-order valence-electron chi connectivity index (χ4n) is 4.00. The predicted octanol–water partition coefficient (Wildman–Crippen LogP) is 3.73. The quantitative estimate of drug-likeness (QED) is 0.858. The van der Waals surface area contributed by atoms with E-state index >= 15 is 0 Å². The van der Waals surface area contributed by atoms with Crippen LogP contribution in [0.15, 0.2) is 24.3 Å². The van der Waals surface area contributed by atoms with Gasteiger partial charge in [-0.3, -0.25) is 14.6 Å². The third-order valence-corrected chi connectivity index (χ3v) is 5.68. The molecular weight excluding hydrogens is 350 g/mol. The minimum Gasteiger partial charge on any atom is -0.356 e. The van der Waals surface area contributed by atoms with Crippen molar-refractivity contribution in [2.75, 3.05) is 19.6 Å². The van der Waals surface area contributed by atoms with Crippen molar-refractivity contribution in [3.05, 3.63) is 41.1 Å². The zero-order valence-electron chi connectivity index (χ0n) is 17.4. The predicted molar refractivity (Wildman–Crippen MR) is 112 cm³/mol. The molecular formula is C23H31N3O2. The number of likely N-dealkylation sites (tertiary alicyclic amines) is 1.